The van der Waals surface area contributed by atoms with E-state index < -0.39 is 0 Å². The molecule has 122 valence electrons. The van der Waals surface area contributed by atoms with Gasteiger partial charge in [0.15, 0.2) is 5.76 Å². The van der Waals surface area contributed by atoms with Gasteiger partial charge in [0.2, 0.25) is 5.91 Å². The number of hydrogen-bond donors (Lipinski definition) is 3. The quantitative estimate of drug-likeness (QED) is 0.660. The second-order valence-electron chi connectivity index (χ2n) is 5.85. The smallest absolute Gasteiger partial charge is 0.287 e. The summed E-state index contributed by atoms with van der Waals surface area (Å²) in [4.78, 5) is 23.5. The summed E-state index contributed by atoms with van der Waals surface area (Å²) in [6.45, 7) is 5.08. The van der Waals surface area contributed by atoms with Crippen LogP contribution in [-0.2, 0) is 4.79 Å². The fourth-order valence-corrected chi connectivity index (χ4v) is 2.82. The van der Waals surface area contributed by atoms with Crippen molar-refractivity contribution in [2.45, 2.75) is 26.2 Å². The van der Waals surface area contributed by atoms with E-state index in [0.717, 1.165) is 25.9 Å². The Balaban J connectivity index is 1.58. The molecule has 22 heavy (non-hydrogen) atoms. The van der Waals surface area contributed by atoms with Crippen molar-refractivity contribution in [3.8, 4) is 0 Å². The minimum absolute atomic E-state index is 0.0540. The normalized spacial score (nSPS) is 17.0. The molecular weight excluding hydrogens is 282 g/mol. The van der Waals surface area contributed by atoms with Gasteiger partial charge in [-0.1, -0.05) is 6.92 Å². The van der Waals surface area contributed by atoms with Gasteiger partial charge in [0.05, 0.1) is 6.26 Å². The molecule has 3 N–H and O–H groups in total. The van der Waals surface area contributed by atoms with Crippen LogP contribution in [0.15, 0.2) is 22.8 Å². The summed E-state index contributed by atoms with van der Waals surface area (Å²) in [6, 6.07) is 3.27. The molecule has 1 aromatic rings. The molecule has 1 aliphatic rings. The van der Waals surface area contributed by atoms with Crippen LogP contribution in [0.1, 0.15) is 36.7 Å². The molecule has 0 aromatic carbocycles. The van der Waals surface area contributed by atoms with Gasteiger partial charge < -0.3 is 20.4 Å². The van der Waals surface area contributed by atoms with Gasteiger partial charge in [-0.3, -0.25) is 9.59 Å². The third-order valence-electron chi connectivity index (χ3n) is 4.17. The van der Waals surface area contributed by atoms with Crippen LogP contribution in [0.5, 0.6) is 0 Å². The van der Waals surface area contributed by atoms with E-state index in [0.29, 0.717) is 31.3 Å². The number of piperidine rings is 1. The van der Waals surface area contributed by atoms with E-state index in [-0.39, 0.29) is 17.6 Å². The van der Waals surface area contributed by atoms with Crippen molar-refractivity contribution >= 4 is 11.8 Å². The number of carbonyl (C=O) groups excluding carboxylic acids is 2. The predicted octanol–water partition coefficient (Wildman–Crippen LogP) is 1.15. The summed E-state index contributed by atoms with van der Waals surface area (Å²) in [6.07, 6.45) is 4.30. The van der Waals surface area contributed by atoms with Crippen LogP contribution in [-0.4, -0.2) is 38.0 Å². The molecule has 6 heteroatoms. The van der Waals surface area contributed by atoms with Gasteiger partial charge in [0.1, 0.15) is 0 Å². The molecule has 1 saturated heterocycles. The fraction of sp³-hybridized carbons (Fsp3) is 0.625. The van der Waals surface area contributed by atoms with Crippen LogP contribution < -0.4 is 16.0 Å². The van der Waals surface area contributed by atoms with Gasteiger partial charge in [0.25, 0.3) is 5.91 Å². The number of furan rings is 1. The second-order valence-corrected chi connectivity index (χ2v) is 5.85. The molecule has 0 saturated carbocycles. The molecule has 0 spiro atoms. The van der Waals surface area contributed by atoms with Crippen molar-refractivity contribution in [3.63, 3.8) is 0 Å². The van der Waals surface area contributed by atoms with Crippen LogP contribution in [0.2, 0.25) is 0 Å². The molecule has 1 aliphatic heterocycles. The molecule has 2 amide bonds. The summed E-state index contributed by atoms with van der Waals surface area (Å²) in [5.41, 5.74) is 0. The zero-order chi connectivity index (χ0) is 15.8. The maximum absolute atomic E-state index is 11.9. The van der Waals surface area contributed by atoms with E-state index in [1.807, 2.05) is 0 Å². The van der Waals surface area contributed by atoms with Crippen molar-refractivity contribution in [3.05, 3.63) is 24.2 Å². The summed E-state index contributed by atoms with van der Waals surface area (Å²) < 4.78 is 4.99. The molecule has 2 heterocycles. The molecule has 1 fully saturated rings. The number of amides is 2. The molecule has 1 aromatic heterocycles. The molecule has 1 atom stereocenters. The van der Waals surface area contributed by atoms with E-state index in [4.69, 9.17) is 4.42 Å². The second kappa shape index (κ2) is 8.58. The monoisotopic (exact) mass is 307 g/mol. The highest BCUT2D eigenvalue weighted by atomic mass is 16.3. The van der Waals surface area contributed by atoms with Gasteiger partial charge in [-0.15, -0.1) is 0 Å². The highest BCUT2D eigenvalue weighted by molar-refractivity contribution is 5.91. The SMILES string of the molecule is CC(CC(=O)NCCNC(=O)c1ccco1)C1CCNCC1. The molecule has 0 aliphatic carbocycles. The zero-order valence-electron chi connectivity index (χ0n) is 13.1. The first-order valence-electron chi connectivity index (χ1n) is 7.96. The zero-order valence-corrected chi connectivity index (χ0v) is 13.1. The Hall–Kier alpha value is -1.82. The third-order valence-corrected chi connectivity index (χ3v) is 4.17. The Kier molecular flexibility index (Phi) is 6.45. The molecular formula is C16H25N3O3. The van der Waals surface area contributed by atoms with Crippen molar-refractivity contribution in [1.82, 2.24) is 16.0 Å². The largest absolute Gasteiger partial charge is 0.459 e. The lowest BCUT2D eigenvalue weighted by Crippen LogP contribution is -2.36. The van der Waals surface area contributed by atoms with Crippen molar-refractivity contribution in [1.29, 1.82) is 0 Å². The lowest BCUT2D eigenvalue weighted by atomic mass is 9.84. The van der Waals surface area contributed by atoms with Crippen LogP contribution >= 0.6 is 0 Å². The minimum atomic E-state index is -0.262. The minimum Gasteiger partial charge on any atom is -0.459 e. The first-order valence-corrected chi connectivity index (χ1v) is 7.96. The third kappa shape index (κ3) is 5.18. The topological polar surface area (TPSA) is 83.4 Å². The van der Waals surface area contributed by atoms with Gasteiger partial charge in [-0.2, -0.15) is 0 Å². The number of hydrogen-bond acceptors (Lipinski definition) is 4. The van der Waals surface area contributed by atoms with E-state index in [1.54, 1.807) is 12.1 Å². The maximum Gasteiger partial charge on any atom is 0.287 e. The van der Waals surface area contributed by atoms with E-state index in [2.05, 4.69) is 22.9 Å². The number of carbonyl (C=O) groups is 2. The Morgan fingerprint density at radius 2 is 2.05 bits per heavy atom. The van der Waals surface area contributed by atoms with Crippen molar-refractivity contribution in [2.24, 2.45) is 11.8 Å². The summed E-state index contributed by atoms with van der Waals surface area (Å²) in [5, 5.41) is 8.89. The average molecular weight is 307 g/mol. The van der Waals surface area contributed by atoms with E-state index >= 15 is 0 Å². The highest BCUT2D eigenvalue weighted by Crippen LogP contribution is 2.23. The standard InChI is InChI=1S/C16H25N3O3/c1-12(13-4-6-17-7-5-13)11-15(20)18-8-9-19-16(21)14-3-2-10-22-14/h2-3,10,12-13,17H,4-9,11H2,1H3,(H,18,20)(H,19,21). The Labute approximate surface area is 131 Å². The van der Waals surface area contributed by atoms with Crippen molar-refractivity contribution < 1.29 is 14.0 Å². The molecule has 0 bridgehead atoms. The lowest BCUT2D eigenvalue weighted by molar-refractivity contribution is -0.122. The van der Waals surface area contributed by atoms with Crippen LogP contribution in [0.25, 0.3) is 0 Å². The lowest BCUT2D eigenvalue weighted by Gasteiger charge is -2.27. The van der Waals surface area contributed by atoms with Gasteiger partial charge >= 0.3 is 0 Å². The van der Waals surface area contributed by atoms with Gasteiger partial charge in [-0.25, -0.2) is 0 Å². The Bertz CT molecular complexity index is 467. The van der Waals surface area contributed by atoms with E-state index in [9.17, 15) is 9.59 Å². The number of nitrogens with one attached hydrogen (secondary N) is 3. The first kappa shape index (κ1) is 16.5. The van der Waals surface area contributed by atoms with Gasteiger partial charge in [-0.05, 0) is 49.9 Å². The maximum atomic E-state index is 11.9. The average Bonchev–Trinajstić information content (AvgIpc) is 3.06. The van der Waals surface area contributed by atoms with Crippen molar-refractivity contribution in [2.75, 3.05) is 26.2 Å². The highest BCUT2D eigenvalue weighted by Gasteiger charge is 2.21. The van der Waals surface area contributed by atoms with Crippen LogP contribution in [0.4, 0.5) is 0 Å². The van der Waals surface area contributed by atoms with Crippen LogP contribution in [0, 0.1) is 11.8 Å². The summed E-state index contributed by atoms with van der Waals surface area (Å²) in [5.74, 6) is 1.11. The molecule has 0 radical (unpaired) electrons. The first-order chi connectivity index (χ1) is 10.7. The van der Waals surface area contributed by atoms with Gasteiger partial charge in [0, 0.05) is 19.5 Å². The summed E-state index contributed by atoms with van der Waals surface area (Å²) >= 11 is 0. The molecule has 2 rings (SSSR count). The molecule has 1 unspecified atom stereocenters. The Morgan fingerprint density at radius 1 is 1.32 bits per heavy atom. The van der Waals surface area contributed by atoms with E-state index in [1.165, 1.54) is 6.26 Å². The number of rotatable bonds is 7. The predicted molar refractivity (Wildman–Crippen MR) is 83.4 cm³/mol. The Morgan fingerprint density at radius 3 is 2.73 bits per heavy atom. The van der Waals surface area contributed by atoms with Crippen LogP contribution in [0.3, 0.4) is 0 Å². The molecule has 6 nitrogen and oxygen atoms in total. The summed E-state index contributed by atoms with van der Waals surface area (Å²) in [7, 11) is 0. The fourth-order valence-electron chi connectivity index (χ4n) is 2.82.